The molecule has 0 bridgehead atoms. The van der Waals surface area contributed by atoms with E-state index < -0.39 is 10.0 Å². The van der Waals surface area contributed by atoms with Gasteiger partial charge in [0, 0.05) is 13.1 Å². The van der Waals surface area contributed by atoms with Crippen LogP contribution in [-0.2, 0) is 10.0 Å². The summed E-state index contributed by atoms with van der Waals surface area (Å²) in [5.74, 6) is 2.48. The maximum atomic E-state index is 11.7. The highest BCUT2D eigenvalue weighted by Gasteiger charge is 2.24. The zero-order valence-corrected chi connectivity index (χ0v) is 10.5. The van der Waals surface area contributed by atoms with Crippen LogP contribution in [-0.4, -0.2) is 34.4 Å². The number of fused-ring (bicyclic) bond motifs is 1. The third-order valence-electron chi connectivity index (χ3n) is 2.53. The van der Waals surface area contributed by atoms with Crippen LogP contribution < -0.4 is 10.2 Å². The molecule has 2 rings (SSSR count). The quantitative estimate of drug-likeness (QED) is 0.633. The van der Waals surface area contributed by atoms with Gasteiger partial charge in [0.1, 0.15) is 11.2 Å². The molecule has 6 heteroatoms. The van der Waals surface area contributed by atoms with Gasteiger partial charge in [-0.3, -0.25) is 0 Å². The fourth-order valence-corrected chi connectivity index (χ4v) is 2.74. The summed E-state index contributed by atoms with van der Waals surface area (Å²) in [6, 6.07) is 6.81. The van der Waals surface area contributed by atoms with Gasteiger partial charge in [0.25, 0.3) is 10.0 Å². The molecule has 1 heterocycles. The Morgan fingerprint density at radius 2 is 2.17 bits per heavy atom. The number of sulfonamides is 1. The summed E-state index contributed by atoms with van der Waals surface area (Å²) in [6.45, 7) is 1.76. The number of para-hydroxylation sites is 1. The first-order valence-corrected chi connectivity index (χ1v) is 6.89. The number of terminal acetylenes is 1. The van der Waals surface area contributed by atoms with Gasteiger partial charge in [-0.05, 0) is 12.1 Å². The fourth-order valence-electron chi connectivity index (χ4n) is 1.69. The topological polar surface area (TPSA) is 61.8 Å². The first kappa shape index (κ1) is 12.6. The molecule has 0 saturated heterocycles. The van der Waals surface area contributed by atoms with Crippen molar-refractivity contribution in [3.8, 4) is 12.3 Å². The summed E-state index contributed by atoms with van der Waals surface area (Å²) >= 11 is 0. The molecule has 94 valence electrons. The van der Waals surface area contributed by atoms with E-state index >= 15 is 0 Å². The van der Waals surface area contributed by atoms with E-state index in [0.29, 0.717) is 25.3 Å². The van der Waals surface area contributed by atoms with Crippen LogP contribution in [0.2, 0.25) is 0 Å². The van der Waals surface area contributed by atoms with Gasteiger partial charge in [0.05, 0.1) is 12.2 Å². The normalized spacial score (nSPS) is 16.1. The van der Waals surface area contributed by atoms with Crippen molar-refractivity contribution >= 4 is 22.0 Å². The molecule has 18 heavy (non-hydrogen) atoms. The van der Waals surface area contributed by atoms with E-state index in [1.54, 1.807) is 29.2 Å². The monoisotopic (exact) mass is 263 g/mol. The predicted octanol–water partition coefficient (Wildman–Crippen LogP) is 0.446. The molecule has 1 aliphatic heterocycles. The number of benzene rings is 1. The number of anilines is 1. The lowest BCUT2D eigenvalue weighted by atomic mass is 10.3. The van der Waals surface area contributed by atoms with Crippen molar-refractivity contribution in [2.24, 2.45) is 4.40 Å². The molecule has 0 amide bonds. The van der Waals surface area contributed by atoms with Crippen LogP contribution in [0.3, 0.4) is 0 Å². The minimum Gasteiger partial charge on any atom is -0.329 e. The van der Waals surface area contributed by atoms with E-state index in [1.807, 2.05) is 0 Å². The van der Waals surface area contributed by atoms with E-state index in [9.17, 15) is 8.42 Å². The van der Waals surface area contributed by atoms with Gasteiger partial charge in [-0.25, -0.2) is 0 Å². The molecule has 0 fully saturated rings. The van der Waals surface area contributed by atoms with Crippen LogP contribution in [0.5, 0.6) is 0 Å². The van der Waals surface area contributed by atoms with Crippen LogP contribution in [0.1, 0.15) is 0 Å². The molecular formula is C12H13N3O2S. The molecule has 0 atom stereocenters. The number of nitrogens with zero attached hydrogens (tertiary/aromatic N) is 2. The molecule has 1 aromatic carbocycles. The van der Waals surface area contributed by atoms with Gasteiger partial charge in [0.2, 0.25) is 0 Å². The second-order valence-corrected chi connectivity index (χ2v) is 5.34. The molecular weight excluding hydrogens is 250 g/mol. The van der Waals surface area contributed by atoms with Crippen molar-refractivity contribution in [2.75, 3.05) is 24.5 Å². The zero-order valence-electron chi connectivity index (χ0n) is 9.70. The molecule has 1 N–H and O–H groups in total. The number of hydrogen-bond donors (Lipinski definition) is 1. The maximum Gasteiger partial charge on any atom is 0.285 e. The average Bonchev–Trinajstić information content (AvgIpc) is 2.37. The molecule has 0 radical (unpaired) electrons. The van der Waals surface area contributed by atoms with Crippen LogP contribution >= 0.6 is 0 Å². The van der Waals surface area contributed by atoms with Gasteiger partial charge in [0.15, 0.2) is 0 Å². The molecule has 1 aromatic rings. The Morgan fingerprint density at radius 1 is 1.39 bits per heavy atom. The summed E-state index contributed by atoms with van der Waals surface area (Å²) in [5.41, 5.74) is 0.648. The molecule has 0 saturated carbocycles. The van der Waals surface area contributed by atoms with Crippen LogP contribution in [0, 0.1) is 12.3 Å². The third-order valence-corrected chi connectivity index (χ3v) is 3.81. The average molecular weight is 263 g/mol. The van der Waals surface area contributed by atoms with Gasteiger partial charge in [-0.1, -0.05) is 18.1 Å². The Balaban J connectivity index is 2.18. The number of hydrogen-bond acceptors (Lipinski definition) is 4. The van der Waals surface area contributed by atoms with Crippen LogP contribution in [0.25, 0.3) is 0 Å². The molecule has 0 aromatic heterocycles. The van der Waals surface area contributed by atoms with E-state index in [2.05, 4.69) is 15.6 Å². The first-order valence-electron chi connectivity index (χ1n) is 5.45. The molecule has 5 nitrogen and oxygen atoms in total. The predicted molar refractivity (Wildman–Crippen MR) is 71.2 cm³/mol. The molecule has 0 aliphatic carbocycles. The van der Waals surface area contributed by atoms with Crippen molar-refractivity contribution in [2.45, 2.75) is 4.90 Å². The van der Waals surface area contributed by atoms with Crippen molar-refractivity contribution < 1.29 is 8.42 Å². The lowest BCUT2D eigenvalue weighted by Gasteiger charge is -2.24. The SMILES string of the molecule is C#CCNCCN1C=NS(=O)(=O)c2ccccc21. The lowest BCUT2D eigenvalue weighted by molar-refractivity contribution is 0.597. The summed E-state index contributed by atoms with van der Waals surface area (Å²) in [7, 11) is -3.54. The van der Waals surface area contributed by atoms with Crippen molar-refractivity contribution in [1.82, 2.24) is 5.32 Å². The zero-order chi connectivity index (χ0) is 13.0. The van der Waals surface area contributed by atoms with Gasteiger partial charge >= 0.3 is 0 Å². The van der Waals surface area contributed by atoms with E-state index in [1.165, 1.54) is 6.34 Å². The summed E-state index contributed by atoms with van der Waals surface area (Å²) in [6.07, 6.45) is 6.47. The summed E-state index contributed by atoms with van der Waals surface area (Å²) in [5, 5.41) is 3.05. The number of nitrogens with one attached hydrogen (secondary N) is 1. The number of rotatable bonds is 4. The lowest BCUT2D eigenvalue weighted by Crippen LogP contribution is -2.34. The largest absolute Gasteiger partial charge is 0.329 e. The molecule has 0 spiro atoms. The Morgan fingerprint density at radius 3 is 2.94 bits per heavy atom. The molecule has 1 aliphatic rings. The van der Waals surface area contributed by atoms with Crippen LogP contribution in [0.15, 0.2) is 33.6 Å². The van der Waals surface area contributed by atoms with Gasteiger partial charge in [-0.15, -0.1) is 10.8 Å². The smallest absolute Gasteiger partial charge is 0.285 e. The minimum atomic E-state index is -3.54. The van der Waals surface area contributed by atoms with Crippen molar-refractivity contribution in [3.63, 3.8) is 0 Å². The van der Waals surface area contributed by atoms with Crippen molar-refractivity contribution in [1.29, 1.82) is 0 Å². The third kappa shape index (κ3) is 2.53. The Bertz CT molecular complexity index is 602. The Kier molecular flexibility index (Phi) is 3.65. The summed E-state index contributed by atoms with van der Waals surface area (Å²) in [4.78, 5) is 2.03. The fraction of sp³-hybridized carbons (Fsp3) is 0.250. The first-order chi connectivity index (χ1) is 8.65. The highest BCUT2D eigenvalue weighted by Crippen LogP contribution is 2.28. The Hall–Kier alpha value is -1.84. The van der Waals surface area contributed by atoms with Gasteiger partial charge < -0.3 is 10.2 Å². The standard InChI is InChI=1S/C12H13N3O2S/c1-2-7-13-8-9-15-10-14-18(16,17)12-6-4-3-5-11(12)15/h1,3-6,10,13H,7-9H2. The van der Waals surface area contributed by atoms with Crippen LogP contribution in [0.4, 0.5) is 5.69 Å². The molecule has 0 unspecified atom stereocenters. The highest BCUT2D eigenvalue weighted by atomic mass is 32.2. The van der Waals surface area contributed by atoms with E-state index in [4.69, 9.17) is 6.42 Å². The van der Waals surface area contributed by atoms with E-state index in [0.717, 1.165) is 0 Å². The van der Waals surface area contributed by atoms with Gasteiger partial charge in [-0.2, -0.15) is 8.42 Å². The maximum absolute atomic E-state index is 11.7. The van der Waals surface area contributed by atoms with E-state index in [-0.39, 0.29) is 4.90 Å². The van der Waals surface area contributed by atoms with Crippen molar-refractivity contribution in [3.05, 3.63) is 24.3 Å². The highest BCUT2D eigenvalue weighted by molar-refractivity contribution is 7.90. The second-order valence-electron chi connectivity index (χ2n) is 3.74. The summed E-state index contributed by atoms with van der Waals surface area (Å²) < 4.78 is 27.0. The Labute approximate surface area is 107 Å². The second kappa shape index (κ2) is 5.21. The minimum absolute atomic E-state index is 0.240.